The van der Waals surface area contributed by atoms with Gasteiger partial charge < -0.3 is 0 Å². The first kappa shape index (κ1) is 9.72. The summed E-state index contributed by atoms with van der Waals surface area (Å²) in [5, 5.41) is 0. The third-order valence-electron chi connectivity index (χ3n) is 2.95. The zero-order chi connectivity index (χ0) is 9.97. The van der Waals surface area contributed by atoms with Crippen LogP contribution in [0.5, 0.6) is 0 Å². The number of nitrogens with zero attached hydrogens (tertiary/aromatic N) is 1. The molecule has 0 unspecified atom stereocenters. The minimum atomic E-state index is 0.907. The normalized spacial score (nSPS) is 18.1. The Balaban J connectivity index is 1.95. The molecule has 14 heavy (non-hydrogen) atoms. The minimum Gasteiger partial charge on any atom is -0.298 e. The summed E-state index contributed by atoms with van der Waals surface area (Å²) < 4.78 is 0. The number of benzene rings is 1. The average Bonchev–Trinajstić information content (AvgIpc) is 2.16. The first-order chi connectivity index (χ1) is 6.78. The van der Waals surface area contributed by atoms with Crippen LogP contribution in [0.1, 0.15) is 25.0 Å². The standard InChI is InChI=1S/C13H19N/c1-3-12-5-4-6-13(7-12)10-14-8-11(2)9-14/h4-7,11H,3,8-10H2,1-2H3. The van der Waals surface area contributed by atoms with E-state index in [1.54, 1.807) is 0 Å². The third-order valence-corrected chi connectivity index (χ3v) is 2.95. The van der Waals surface area contributed by atoms with Gasteiger partial charge in [-0.15, -0.1) is 0 Å². The molecule has 1 saturated heterocycles. The minimum absolute atomic E-state index is 0.907. The molecule has 1 nitrogen and oxygen atoms in total. The van der Waals surface area contributed by atoms with Crippen molar-refractivity contribution < 1.29 is 0 Å². The van der Waals surface area contributed by atoms with E-state index in [4.69, 9.17) is 0 Å². The fraction of sp³-hybridized carbons (Fsp3) is 0.538. The molecule has 0 radical (unpaired) electrons. The topological polar surface area (TPSA) is 3.24 Å². The Labute approximate surface area is 86.7 Å². The highest BCUT2D eigenvalue weighted by atomic mass is 15.2. The molecule has 76 valence electrons. The smallest absolute Gasteiger partial charge is 0.0234 e. The molecule has 1 aromatic carbocycles. The lowest BCUT2D eigenvalue weighted by atomic mass is 10.0. The zero-order valence-electron chi connectivity index (χ0n) is 9.16. The zero-order valence-corrected chi connectivity index (χ0v) is 9.16. The Morgan fingerprint density at radius 1 is 1.29 bits per heavy atom. The van der Waals surface area contributed by atoms with Crippen LogP contribution in [0.25, 0.3) is 0 Å². The van der Waals surface area contributed by atoms with Crippen LogP contribution >= 0.6 is 0 Å². The highest BCUT2D eigenvalue weighted by Gasteiger charge is 2.21. The predicted octanol–water partition coefficient (Wildman–Crippen LogP) is 2.70. The summed E-state index contributed by atoms with van der Waals surface area (Å²) in [6.45, 7) is 8.22. The van der Waals surface area contributed by atoms with Gasteiger partial charge in [-0.25, -0.2) is 0 Å². The van der Waals surface area contributed by atoms with Crippen LogP contribution in [0.4, 0.5) is 0 Å². The number of likely N-dealkylation sites (tertiary alicyclic amines) is 1. The maximum Gasteiger partial charge on any atom is 0.0234 e. The second-order valence-corrected chi connectivity index (χ2v) is 4.47. The summed E-state index contributed by atoms with van der Waals surface area (Å²) in [6, 6.07) is 8.96. The molecule has 0 saturated carbocycles. The van der Waals surface area contributed by atoms with E-state index in [9.17, 15) is 0 Å². The molecule has 2 rings (SSSR count). The Morgan fingerprint density at radius 3 is 2.64 bits per heavy atom. The second kappa shape index (κ2) is 4.14. The summed E-state index contributed by atoms with van der Waals surface area (Å²) in [5.74, 6) is 0.907. The van der Waals surface area contributed by atoms with Crippen LogP contribution in [-0.2, 0) is 13.0 Å². The van der Waals surface area contributed by atoms with Gasteiger partial charge in [0.2, 0.25) is 0 Å². The van der Waals surface area contributed by atoms with Gasteiger partial charge in [0.25, 0.3) is 0 Å². The molecule has 0 atom stereocenters. The third kappa shape index (κ3) is 2.16. The number of aryl methyl sites for hydroxylation is 1. The first-order valence-corrected chi connectivity index (χ1v) is 5.58. The molecule has 0 aliphatic carbocycles. The number of hydrogen-bond donors (Lipinski definition) is 0. The molecular weight excluding hydrogens is 170 g/mol. The van der Waals surface area contributed by atoms with E-state index in [1.807, 2.05) is 0 Å². The van der Waals surface area contributed by atoms with Gasteiger partial charge in [-0.1, -0.05) is 38.1 Å². The molecule has 1 aromatic rings. The summed E-state index contributed by atoms with van der Waals surface area (Å²) in [6.07, 6.45) is 1.14. The van der Waals surface area contributed by atoms with Crippen molar-refractivity contribution in [3.63, 3.8) is 0 Å². The average molecular weight is 189 g/mol. The van der Waals surface area contributed by atoms with Crippen LogP contribution in [0, 0.1) is 5.92 Å². The highest BCUT2D eigenvalue weighted by molar-refractivity contribution is 5.23. The number of hydrogen-bond acceptors (Lipinski definition) is 1. The van der Waals surface area contributed by atoms with Crippen molar-refractivity contribution in [3.8, 4) is 0 Å². The monoisotopic (exact) mass is 189 g/mol. The highest BCUT2D eigenvalue weighted by Crippen LogP contribution is 2.18. The lowest BCUT2D eigenvalue weighted by Crippen LogP contribution is -2.44. The summed E-state index contributed by atoms with van der Waals surface area (Å²) in [5.41, 5.74) is 2.92. The van der Waals surface area contributed by atoms with Crippen molar-refractivity contribution in [1.82, 2.24) is 4.90 Å². The Morgan fingerprint density at radius 2 is 2.00 bits per heavy atom. The van der Waals surface area contributed by atoms with Gasteiger partial charge >= 0.3 is 0 Å². The van der Waals surface area contributed by atoms with Gasteiger partial charge in [0.15, 0.2) is 0 Å². The SMILES string of the molecule is CCc1cccc(CN2CC(C)C2)c1. The van der Waals surface area contributed by atoms with Gasteiger partial charge in [-0.3, -0.25) is 4.90 Å². The van der Waals surface area contributed by atoms with Crippen molar-refractivity contribution in [2.24, 2.45) is 5.92 Å². The Hall–Kier alpha value is -0.820. The van der Waals surface area contributed by atoms with Crippen LogP contribution < -0.4 is 0 Å². The van der Waals surface area contributed by atoms with Crippen molar-refractivity contribution in [2.45, 2.75) is 26.8 Å². The quantitative estimate of drug-likeness (QED) is 0.706. The molecule has 0 spiro atoms. The molecule has 0 amide bonds. The Bertz CT molecular complexity index is 300. The van der Waals surface area contributed by atoms with Crippen molar-refractivity contribution in [1.29, 1.82) is 0 Å². The molecule has 1 heteroatoms. The van der Waals surface area contributed by atoms with E-state index in [0.717, 1.165) is 18.9 Å². The van der Waals surface area contributed by atoms with Crippen molar-refractivity contribution in [3.05, 3.63) is 35.4 Å². The second-order valence-electron chi connectivity index (χ2n) is 4.47. The van der Waals surface area contributed by atoms with E-state index in [-0.39, 0.29) is 0 Å². The first-order valence-electron chi connectivity index (χ1n) is 5.58. The Kier molecular flexibility index (Phi) is 2.87. The molecular formula is C13H19N. The van der Waals surface area contributed by atoms with E-state index >= 15 is 0 Å². The van der Waals surface area contributed by atoms with Crippen LogP contribution in [0.2, 0.25) is 0 Å². The van der Waals surface area contributed by atoms with Crippen molar-refractivity contribution in [2.75, 3.05) is 13.1 Å². The van der Waals surface area contributed by atoms with Crippen molar-refractivity contribution >= 4 is 0 Å². The summed E-state index contributed by atoms with van der Waals surface area (Å²) in [4.78, 5) is 2.51. The lowest BCUT2D eigenvalue weighted by Gasteiger charge is -2.37. The maximum absolute atomic E-state index is 2.51. The molecule has 1 fully saturated rings. The van der Waals surface area contributed by atoms with Gasteiger partial charge in [0, 0.05) is 19.6 Å². The van der Waals surface area contributed by atoms with E-state index in [0.29, 0.717) is 0 Å². The largest absolute Gasteiger partial charge is 0.298 e. The van der Waals surface area contributed by atoms with Gasteiger partial charge in [0.05, 0.1) is 0 Å². The fourth-order valence-electron chi connectivity index (χ4n) is 2.16. The molecule has 0 aromatic heterocycles. The molecule has 1 aliphatic rings. The fourth-order valence-corrected chi connectivity index (χ4v) is 2.16. The predicted molar refractivity (Wildman–Crippen MR) is 60.3 cm³/mol. The van der Waals surface area contributed by atoms with E-state index in [1.165, 1.54) is 24.2 Å². The maximum atomic E-state index is 2.51. The van der Waals surface area contributed by atoms with Gasteiger partial charge in [-0.2, -0.15) is 0 Å². The van der Waals surface area contributed by atoms with Crippen LogP contribution in [0.3, 0.4) is 0 Å². The molecule has 0 bridgehead atoms. The molecule has 1 heterocycles. The summed E-state index contributed by atoms with van der Waals surface area (Å²) in [7, 11) is 0. The van der Waals surface area contributed by atoms with Gasteiger partial charge in [0.1, 0.15) is 0 Å². The number of rotatable bonds is 3. The summed E-state index contributed by atoms with van der Waals surface area (Å²) >= 11 is 0. The van der Waals surface area contributed by atoms with E-state index < -0.39 is 0 Å². The van der Waals surface area contributed by atoms with Crippen LogP contribution in [0.15, 0.2) is 24.3 Å². The molecule has 0 N–H and O–H groups in total. The van der Waals surface area contributed by atoms with E-state index in [2.05, 4.69) is 43.0 Å². The van der Waals surface area contributed by atoms with Crippen LogP contribution in [-0.4, -0.2) is 18.0 Å². The van der Waals surface area contributed by atoms with Gasteiger partial charge in [-0.05, 0) is 23.5 Å². The molecule has 1 aliphatic heterocycles. The lowest BCUT2D eigenvalue weighted by molar-refractivity contribution is 0.105.